The van der Waals surface area contributed by atoms with Crippen LogP contribution >= 0.6 is 0 Å². The molecule has 0 amide bonds. The standard InChI is InChI=1S/C10H16N2O4S/c1-7(13)2-3-9-11-10(12-16-9)8-4-5-17(14,15)6-8/h7-8,13H,2-6H2,1H3. The Morgan fingerprint density at radius 3 is 2.94 bits per heavy atom. The molecule has 1 saturated heterocycles. The smallest absolute Gasteiger partial charge is 0.226 e. The van der Waals surface area contributed by atoms with Gasteiger partial charge in [-0.3, -0.25) is 0 Å². The lowest BCUT2D eigenvalue weighted by Crippen LogP contribution is -2.05. The van der Waals surface area contributed by atoms with Crippen LogP contribution in [-0.4, -0.2) is 41.3 Å². The monoisotopic (exact) mass is 260 g/mol. The molecule has 0 aliphatic carbocycles. The van der Waals surface area contributed by atoms with Gasteiger partial charge in [0.1, 0.15) is 0 Å². The maximum absolute atomic E-state index is 11.3. The van der Waals surface area contributed by atoms with E-state index in [4.69, 9.17) is 9.63 Å². The number of hydrogen-bond acceptors (Lipinski definition) is 6. The minimum absolute atomic E-state index is 0.113. The summed E-state index contributed by atoms with van der Waals surface area (Å²) in [5.41, 5.74) is 0. The highest BCUT2D eigenvalue weighted by Crippen LogP contribution is 2.26. The van der Waals surface area contributed by atoms with Gasteiger partial charge < -0.3 is 9.63 Å². The summed E-state index contributed by atoms with van der Waals surface area (Å²) < 4.78 is 27.7. The van der Waals surface area contributed by atoms with Gasteiger partial charge in [0.15, 0.2) is 15.7 Å². The summed E-state index contributed by atoms with van der Waals surface area (Å²) in [5.74, 6) is 1.12. The van der Waals surface area contributed by atoms with Crippen molar-refractivity contribution < 1.29 is 18.0 Å². The van der Waals surface area contributed by atoms with E-state index in [1.807, 2.05) is 0 Å². The van der Waals surface area contributed by atoms with E-state index >= 15 is 0 Å². The van der Waals surface area contributed by atoms with Crippen molar-refractivity contribution >= 4 is 9.84 Å². The molecule has 0 bridgehead atoms. The van der Waals surface area contributed by atoms with Gasteiger partial charge in [-0.2, -0.15) is 4.98 Å². The average Bonchev–Trinajstić information content (AvgIpc) is 2.81. The fourth-order valence-corrected chi connectivity index (χ4v) is 3.61. The first-order valence-corrected chi connectivity index (χ1v) is 7.49. The van der Waals surface area contributed by atoms with Crippen molar-refractivity contribution in [3.05, 3.63) is 11.7 Å². The maximum Gasteiger partial charge on any atom is 0.226 e. The van der Waals surface area contributed by atoms with E-state index in [0.29, 0.717) is 31.0 Å². The second-order valence-corrected chi connectivity index (χ2v) is 6.76. The lowest BCUT2D eigenvalue weighted by Gasteiger charge is -1.99. The molecule has 17 heavy (non-hydrogen) atoms. The number of hydrogen-bond donors (Lipinski definition) is 1. The number of aromatic nitrogens is 2. The molecule has 1 aromatic rings. The van der Waals surface area contributed by atoms with E-state index in [9.17, 15) is 8.42 Å². The first kappa shape index (κ1) is 12.5. The van der Waals surface area contributed by atoms with Gasteiger partial charge in [0.2, 0.25) is 5.89 Å². The summed E-state index contributed by atoms with van der Waals surface area (Å²) in [4.78, 5) is 4.18. The number of aryl methyl sites for hydroxylation is 1. The molecule has 2 atom stereocenters. The fraction of sp³-hybridized carbons (Fsp3) is 0.800. The van der Waals surface area contributed by atoms with Gasteiger partial charge in [-0.15, -0.1) is 0 Å². The van der Waals surface area contributed by atoms with Gasteiger partial charge in [0.25, 0.3) is 0 Å². The Morgan fingerprint density at radius 2 is 2.35 bits per heavy atom. The summed E-state index contributed by atoms with van der Waals surface area (Å²) in [7, 11) is -2.92. The largest absolute Gasteiger partial charge is 0.393 e. The van der Waals surface area contributed by atoms with E-state index < -0.39 is 15.9 Å². The molecule has 6 nitrogen and oxygen atoms in total. The van der Waals surface area contributed by atoms with Gasteiger partial charge in [0.05, 0.1) is 17.6 Å². The molecule has 0 aromatic carbocycles. The highest BCUT2D eigenvalue weighted by Gasteiger charge is 2.32. The molecule has 1 aliphatic heterocycles. The van der Waals surface area contributed by atoms with Crippen LogP contribution in [0.2, 0.25) is 0 Å². The Hall–Kier alpha value is -0.950. The van der Waals surface area contributed by atoms with Crippen LogP contribution in [0.3, 0.4) is 0 Å². The molecular formula is C10H16N2O4S. The minimum atomic E-state index is -2.92. The van der Waals surface area contributed by atoms with Crippen LogP contribution in [0.25, 0.3) is 0 Å². The Kier molecular flexibility index (Phi) is 3.48. The first-order chi connectivity index (χ1) is 7.96. The lowest BCUT2D eigenvalue weighted by molar-refractivity contribution is 0.180. The Labute approximate surface area is 99.9 Å². The number of aliphatic hydroxyl groups is 1. The molecular weight excluding hydrogens is 244 g/mol. The average molecular weight is 260 g/mol. The van der Waals surface area contributed by atoms with Crippen molar-refractivity contribution in [3.63, 3.8) is 0 Å². The van der Waals surface area contributed by atoms with E-state index in [1.165, 1.54) is 0 Å². The number of sulfone groups is 1. The van der Waals surface area contributed by atoms with Gasteiger partial charge in [-0.05, 0) is 19.8 Å². The second-order valence-electron chi connectivity index (χ2n) is 4.53. The summed E-state index contributed by atoms with van der Waals surface area (Å²) in [5, 5.41) is 12.9. The molecule has 0 radical (unpaired) electrons. The van der Waals surface area contributed by atoms with Crippen LogP contribution in [0.15, 0.2) is 4.52 Å². The van der Waals surface area contributed by atoms with Gasteiger partial charge in [-0.25, -0.2) is 8.42 Å². The van der Waals surface area contributed by atoms with E-state index in [0.717, 1.165) is 0 Å². The van der Waals surface area contributed by atoms with Crippen LogP contribution in [0.4, 0.5) is 0 Å². The zero-order chi connectivity index (χ0) is 12.5. The van der Waals surface area contributed by atoms with E-state index in [2.05, 4.69) is 10.1 Å². The SMILES string of the molecule is CC(O)CCc1nc(C2CCS(=O)(=O)C2)no1. The number of nitrogens with zero attached hydrogens (tertiary/aromatic N) is 2. The fourth-order valence-electron chi connectivity index (χ4n) is 1.87. The highest BCUT2D eigenvalue weighted by atomic mass is 32.2. The zero-order valence-corrected chi connectivity index (χ0v) is 10.5. The third kappa shape index (κ3) is 3.26. The summed E-state index contributed by atoms with van der Waals surface area (Å²) in [6.45, 7) is 1.70. The maximum atomic E-state index is 11.3. The summed E-state index contributed by atoms with van der Waals surface area (Å²) >= 11 is 0. The zero-order valence-electron chi connectivity index (χ0n) is 9.66. The topological polar surface area (TPSA) is 93.3 Å². The molecule has 0 saturated carbocycles. The second kappa shape index (κ2) is 4.73. The van der Waals surface area contributed by atoms with Crippen LogP contribution in [0.1, 0.15) is 37.4 Å². The third-order valence-electron chi connectivity index (χ3n) is 2.86. The molecule has 1 aliphatic rings. The van der Waals surface area contributed by atoms with Crippen molar-refractivity contribution in [1.82, 2.24) is 10.1 Å². The van der Waals surface area contributed by atoms with Crippen LogP contribution in [-0.2, 0) is 16.3 Å². The Bertz CT molecular complexity index is 480. The Morgan fingerprint density at radius 1 is 1.59 bits per heavy atom. The van der Waals surface area contributed by atoms with E-state index in [-0.39, 0.29) is 17.4 Å². The van der Waals surface area contributed by atoms with Gasteiger partial charge >= 0.3 is 0 Å². The van der Waals surface area contributed by atoms with Crippen molar-refractivity contribution in [3.8, 4) is 0 Å². The molecule has 0 spiro atoms. The van der Waals surface area contributed by atoms with Crippen LogP contribution < -0.4 is 0 Å². The highest BCUT2D eigenvalue weighted by molar-refractivity contribution is 7.91. The lowest BCUT2D eigenvalue weighted by atomic mass is 10.1. The summed E-state index contributed by atoms with van der Waals surface area (Å²) in [6.07, 6.45) is 1.24. The van der Waals surface area contributed by atoms with Gasteiger partial charge in [-0.1, -0.05) is 5.16 Å². The minimum Gasteiger partial charge on any atom is -0.393 e. The predicted molar refractivity (Wildman–Crippen MR) is 60.3 cm³/mol. The molecule has 2 rings (SSSR count). The van der Waals surface area contributed by atoms with Crippen molar-refractivity contribution in [2.45, 2.75) is 38.2 Å². The van der Waals surface area contributed by atoms with Gasteiger partial charge in [0, 0.05) is 12.3 Å². The molecule has 2 heterocycles. The van der Waals surface area contributed by atoms with E-state index in [1.54, 1.807) is 6.92 Å². The molecule has 1 fully saturated rings. The Balaban J connectivity index is 1.99. The van der Waals surface area contributed by atoms with Crippen molar-refractivity contribution in [1.29, 1.82) is 0 Å². The quantitative estimate of drug-likeness (QED) is 0.836. The predicted octanol–water partition coefficient (Wildman–Crippen LogP) is 0.285. The van der Waals surface area contributed by atoms with Crippen LogP contribution in [0.5, 0.6) is 0 Å². The van der Waals surface area contributed by atoms with Crippen LogP contribution in [0, 0.1) is 0 Å². The molecule has 96 valence electrons. The summed E-state index contributed by atoms with van der Waals surface area (Å²) in [6, 6.07) is 0. The third-order valence-corrected chi connectivity index (χ3v) is 4.63. The normalized spacial score (nSPS) is 24.9. The molecule has 2 unspecified atom stereocenters. The first-order valence-electron chi connectivity index (χ1n) is 5.67. The molecule has 7 heteroatoms. The van der Waals surface area contributed by atoms with Crippen molar-refractivity contribution in [2.75, 3.05) is 11.5 Å². The molecule has 1 N–H and O–H groups in total. The molecule has 1 aromatic heterocycles. The van der Waals surface area contributed by atoms with Crippen molar-refractivity contribution in [2.24, 2.45) is 0 Å². The number of aliphatic hydroxyl groups excluding tert-OH is 1. The number of rotatable bonds is 4.